The molecule has 0 saturated carbocycles. The van der Waals surface area contributed by atoms with Crippen LogP contribution in [0.4, 0.5) is 0 Å². The van der Waals surface area contributed by atoms with Crippen LogP contribution in [0, 0.1) is 13.8 Å². The Morgan fingerprint density at radius 1 is 1.12 bits per heavy atom. The van der Waals surface area contributed by atoms with Crippen LogP contribution in [0.25, 0.3) is 10.9 Å². The first-order valence-corrected chi connectivity index (χ1v) is 11.8. The van der Waals surface area contributed by atoms with Crippen LogP contribution in [0.15, 0.2) is 53.3 Å². The summed E-state index contributed by atoms with van der Waals surface area (Å²) in [5.74, 6) is 0.773. The molecular weight excluding hydrogens is 428 g/mol. The molecule has 0 aliphatic carbocycles. The van der Waals surface area contributed by atoms with Gasteiger partial charge < -0.3 is 9.72 Å². The van der Waals surface area contributed by atoms with Gasteiger partial charge in [-0.3, -0.25) is 9.69 Å². The first-order chi connectivity index (χ1) is 16.6. The van der Waals surface area contributed by atoms with Gasteiger partial charge in [0.05, 0.1) is 24.7 Å². The molecule has 2 aromatic heterocycles. The Labute approximate surface area is 198 Å². The smallest absolute Gasteiger partial charge is 0.252 e. The summed E-state index contributed by atoms with van der Waals surface area (Å²) >= 11 is 0. The van der Waals surface area contributed by atoms with E-state index in [2.05, 4.69) is 56.6 Å². The molecule has 8 heteroatoms. The Morgan fingerprint density at radius 2 is 1.97 bits per heavy atom. The molecular formula is C26H30N6O2. The zero-order chi connectivity index (χ0) is 23.5. The second-order valence-electron chi connectivity index (χ2n) is 9.14. The van der Waals surface area contributed by atoms with E-state index in [9.17, 15) is 4.79 Å². The largest absolute Gasteiger partial charge is 0.376 e. The summed E-state index contributed by atoms with van der Waals surface area (Å²) in [6.07, 6.45) is 2.25. The van der Waals surface area contributed by atoms with E-state index in [0.717, 1.165) is 47.3 Å². The Morgan fingerprint density at radius 3 is 2.76 bits per heavy atom. The van der Waals surface area contributed by atoms with Gasteiger partial charge >= 0.3 is 0 Å². The van der Waals surface area contributed by atoms with Gasteiger partial charge in [-0.1, -0.05) is 42.5 Å². The molecule has 34 heavy (non-hydrogen) atoms. The first kappa shape index (κ1) is 22.4. The standard InChI is InChI=1S/C26H30N6O2/c1-18-10-11-21-13-22(26(33)27-25(21)19(18)2)15-31(14-20-7-4-3-5-8-20)17-24-28-29-30-32(24)16-23-9-6-12-34-23/h3-5,7-8,10-11,13,23H,6,9,12,14-17H2,1-2H3,(H,27,33)/t23-/m1/s1. The van der Waals surface area contributed by atoms with Gasteiger partial charge in [0.2, 0.25) is 0 Å². The maximum Gasteiger partial charge on any atom is 0.252 e. The molecule has 1 fully saturated rings. The van der Waals surface area contributed by atoms with Gasteiger partial charge in [-0.05, 0) is 65.3 Å². The number of tetrazole rings is 1. The highest BCUT2D eigenvalue weighted by Gasteiger charge is 2.21. The number of hydrogen-bond donors (Lipinski definition) is 1. The van der Waals surface area contributed by atoms with Crippen LogP contribution in [0.3, 0.4) is 0 Å². The second kappa shape index (κ2) is 9.87. The summed E-state index contributed by atoms with van der Waals surface area (Å²) < 4.78 is 7.61. The highest BCUT2D eigenvalue weighted by molar-refractivity contribution is 5.83. The van der Waals surface area contributed by atoms with Crippen LogP contribution in [0.2, 0.25) is 0 Å². The SMILES string of the molecule is Cc1ccc2cc(CN(Cc3ccccc3)Cc3nnnn3C[C@H]3CCCO3)c(=O)[nH]c2c1C. The lowest BCUT2D eigenvalue weighted by molar-refractivity contribution is 0.0914. The predicted molar refractivity (Wildman–Crippen MR) is 130 cm³/mol. The van der Waals surface area contributed by atoms with E-state index in [0.29, 0.717) is 26.2 Å². The zero-order valence-corrected chi connectivity index (χ0v) is 19.7. The third-order valence-electron chi connectivity index (χ3n) is 6.64. The number of pyridine rings is 1. The van der Waals surface area contributed by atoms with Gasteiger partial charge in [0.25, 0.3) is 5.56 Å². The van der Waals surface area contributed by atoms with Crippen molar-refractivity contribution in [3.05, 3.63) is 87.0 Å². The Kier molecular flexibility index (Phi) is 6.51. The third kappa shape index (κ3) is 4.93. The molecule has 0 bridgehead atoms. The number of benzene rings is 2. The lowest BCUT2D eigenvalue weighted by atomic mass is 10.0. The number of ether oxygens (including phenoxy) is 1. The maximum absolute atomic E-state index is 13.0. The normalized spacial score (nSPS) is 16.0. The number of H-pyrrole nitrogens is 1. The lowest BCUT2D eigenvalue weighted by Crippen LogP contribution is -2.29. The van der Waals surface area contributed by atoms with E-state index in [1.54, 1.807) is 0 Å². The van der Waals surface area contributed by atoms with Crippen molar-refractivity contribution in [1.29, 1.82) is 0 Å². The minimum Gasteiger partial charge on any atom is -0.376 e. The predicted octanol–water partition coefficient (Wildman–Crippen LogP) is 3.51. The summed E-state index contributed by atoms with van der Waals surface area (Å²) in [6, 6.07) is 16.4. The number of aromatic nitrogens is 5. The molecule has 1 saturated heterocycles. The number of fused-ring (bicyclic) bond motifs is 1. The Bertz CT molecular complexity index is 1320. The van der Waals surface area contributed by atoms with E-state index in [1.807, 2.05) is 35.9 Å². The van der Waals surface area contributed by atoms with Crippen LogP contribution >= 0.6 is 0 Å². The molecule has 5 rings (SSSR count). The van der Waals surface area contributed by atoms with Crippen LogP contribution in [-0.4, -0.2) is 42.8 Å². The van der Waals surface area contributed by atoms with Gasteiger partial charge in [0.1, 0.15) is 0 Å². The van der Waals surface area contributed by atoms with E-state index >= 15 is 0 Å². The summed E-state index contributed by atoms with van der Waals surface area (Å²) in [5, 5.41) is 13.5. The van der Waals surface area contributed by atoms with E-state index < -0.39 is 0 Å². The van der Waals surface area contributed by atoms with Crippen molar-refractivity contribution in [2.45, 2.75) is 59.0 Å². The Balaban J connectivity index is 1.43. The molecule has 0 unspecified atom stereocenters. The summed E-state index contributed by atoms with van der Waals surface area (Å²) in [6.45, 7) is 7.24. The van der Waals surface area contributed by atoms with Crippen molar-refractivity contribution >= 4 is 10.9 Å². The van der Waals surface area contributed by atoms with Crippen LogP contribution in [0.1, 0.15) is 40.9 Å². The zero-order valence-electron chi connectivity index (χ0n) is 19.7. The van der Waals surface area contributed by atoms with Gasteiger partial charge in [0.15, 0.2) is 5.82 Å². The number of aromatic amines is 1. The molecule has 1 atom stereocenters. The van der Waals surface area contributed by atoms with Gasteiger partial charge in [-0.25, -0.2) is 4.68 Å². The number of aryl methyl sites for hydroxylation is 2. The minimum absolute atomic E-state index is 0.0572. The summed E-state index contributed by atoms with van der Waals surface area (Å²) in [7, 11) is 0. The third-order valence-corrected chi connectivity index (χ3v) is 6.64. The second-order valence-corrected chi connectivity index (χ2v) is 9.14. The monoisotopic (exact) mass is 458 g/mol. The molecule has 1 aliphatic rings. The van der Waals surface area contributed by atoms with Gasteiger partial charge in [-0.15, -0.1) is 5.10 Å². The van der Waals surface area contributed by atoms with Crippen molar-refractivity contribution in [3.8, 4) is 0 Å². The van der Waals surface area contributed by atoms with Crippen molar-refractivity contribution < 1.29 is 4.74 Å². The molecule has 0 amide bonds. The molecule has 0 radical (unpaired) electrons. The number of rotatable bonds is 8. The van der Waals surface area contributed by atoms with Crippen LogP contribution < -0.4 is 5.56 Å². The lowest BCUT2D eigenvalue weighted by Gasteiger charge is -2.22. The molecule has 3 heterocycles. The minimum atomic E-state index is -0.0572. The van der Waals surface area contributed by atoms with Crippen LogP contribution in [0.5, 0.6) is 0 Å². The number of nitrogens with one attached hydrogen (secondary N) is 1. The molecule has 0 spiro atoms. The van der Waals surface area contributed by atoms with E-state index in [4.69, 9.17) is 4.74 Å². The van der Waals surface area contributed by atoms with E-state index in [-0.39, 0.29) is 11.7 Å². The molecule has 8 nitrogen and oxygen atoms in total. The molecule has 176 valence electrons. The fourth-order valence-electron chi connectivity index (χ4n) is 4.60. The highest BCUT2D eigenvalue weighted by atomic mass is 16.5. The summed E-state index contributed by atoms with van der Waals surface area (Å²) in [5.41, 5.74) is 5.02. The number of nitrogens with zero attached hydrogens (tertiary/aromatic N) is 5. The molecule has 2 aromatic carbocycles. The van der Waals surface area contributed by atoms with Crippen molar-refractivity contribution in [2.24, 2.45) is 0 Å². The van der Waals surface area contributed by atoms with Crippen molar-refractivity contribution in [3.63, 3.8) is 0 Å². The van der Waals surface area contributed by atoms with E-state index in [1.165, 1.54) is 11.1 Å². The summed E-state index contributed by atoms with van der Waals surface area (Å²) in [4.78, 5) is 18.4. The van der Waals surface area contributed by atoms with Gasteiger partial charge in [-0.2, -0.15) is 0 Å². The van der Waals surface area contributed by atoms with Crippen molar-refractivity contribution in [1.82, 2.24) is 30.1 Å². The fourth-order valence-corrected chi connectivity index (χ4v) is 4.60. The molecule has 1 aliphatic heterocycles. The Hall–Kier alpha value is -3.36. The fraction of sp³-hybridized carbons (Fsp3) is 0.385. The van der Waals surface area contributed by atoms with Gasteiger partial charge in [0, 0.05) is 25.3 Å². The van der Waals surface area contributed by atoms with Crippen molar-refractivity contribution in [2.75, 3.05) is 6.61 Å². The quantitative estimate of drug-likeness (QED) is 0.435. The van der Waals surface area contributed by atoms with Crippen LogP contribution in [-0.2, 0) is 30.9 Å². The topological polar surface area (TPSA) is 88.9 Å². The maximum atomic E-state index is 13.0. The average molecular weight is 459 g/mol. The molecule has 4 aromatic rings. The number of hydrogen-bond acceptors (Lipinski definition) is 6. The molecule has 1 N–H and O–H groups in total. The average Bonchev–Trinajstić information content (AvgIpc) is 3.51. The first-order valence-electron chi connectivity index (χ1n) is 11.8. The highest BCUT2D eigenvalue weighted by Crippen LogP contribution is 2.20.